The summed E-state index contributed by atoms with van der Waals surface area (Å²) in [5, 5.41) is 5.39. The van der Waals surface area contributed by atoms with Gasteiger partial charge in [-0.3, -0.25) is 14.1 Å². The molecular weight excluding hydrogens is 556 g/mol. The summed E-state index contributed by atoms with van der Waals surface area (Å²) >= 11 is 0. The molecule has 0 aliphatic heterocycles. The van der Waals surface area contributed by atoms with E-state index in [1.807, 2.05) is 0 Å². The van der Waals surface area contributed by atoms with Gasteiger partial charge in [0.15, 0.2) is 0 Å². The molecule has 0 spiro atoms. The number of carbonyl (C=O) groups excluding carboxylic acids is 2. The van der Waals surface area contributed by atoms with Crippen LogP contribution in [0.1, 0.15) is 13.8 Å². The van der Waals surface area contributed by atoms with E-state index in [9.17, 15) is 22.6 Å². The van der Waals surface area contributed by atoms with Gasteiger partial charge in [-0.15, -0.1) is 0 Å². The lowest BCUT2D eigenvalue weighted by atomic mass is 10.1. The molecule has 0 saturated carbocycles. The van der Waals surface area contributed by atoms with Gasteiger partial charge in [-0.05, 0) is 97.8 Å². The first-order valence-corrected chi connectivity index (χ1v) is 14.0. The smallest absolute Gasteiger partial charge is 0.298 e. The molecule has 42 heavy (non-hydrogen) atoms. The van der Waals surface area contributed by atoms with Gasteiger partial charge in [0.25, 0.3) is 21.9 Å². The molecule has 3 N–H and O–H groups in total. The van der Waals surface area contributed by atoms with Gasteiger partial charge in [-0.1, -0.05) is 31.4 Å². The minimum absolute atomic E-state index is 0.0668. The predicted octanol–water partition coefficient (Wildman–Crippen LogP) is 7.21. The van der Waals surface area contributed by atoms with Crippen LogP contribution in [0.5, 0.6) is 23.0 Å². The number of amides is 2. The SMILES string of the molecule is C=C(C)C(=O)Nc1ccc(Oc2ccc(-c3ccc(Oc4ccc(NC(=O)C(=C)C)cc4)c(S(=O)(=O)O)c3)cc2)cc1. The molecule has 4 aromatic rings. The second-order valence-corrected chi connectivity index (χ2v) is 10.8. The minimum Gasteiger partial charge on any atom is -0.457 e. The third kappa shape index (κ3) is 7.72. The summed E-state index contributed by atoms with van der Waals surface area (Å²) in [6, 6.07) is 24.5. The summed E-state index contributed by atoms with van der Waals surface area (Å²) in [5.41, 5.74) is 3.08. The van der Waals surface area contributed by atoms with Crippen molar-refractivity contribution in [3.8, 4) is 34.1 Å². The molecule has 0 bridgehead atoms. The lowest BCUT2D eigenvalue weighted by molar-refractivity contribution is -0.113. The lowest BCUT2D eigenvalue weighted by Crippen LogP contribution is -2.11. The molecule has 2 amide bonds. The van der Waals surface area contributed by atoms with E-state index < -0.39 is 15.0 Å². The average Bonchev–Trinajstić information content (AvgIpc) is 2.95. The van der Waals surface area contributed by atoms with Crippen molar-refractivity contribution in [3.63, 3.8) is 0 Å². The number of benzene rings is 4. The Labute approximate surface area is 243 Å². The monoisotopic (exact) mass is 584 g/mol. The van der Waals surface area contributed by atoms with E-state index in [2.05, 4.69) is 23.8 Å². The molecule has 0 aromatic heterocycles. The Bertz CT molecular complexity index is 1760. The van der Waals surface area contributed by atoms with Crippen LogP contribution in [0.4, 0.5) is 11.4 Å². The van der Waals surface area contributed by atoms with Gasteiger partial charge in [0.2, 0.25) is 0 Å². The van der Waals surface area contributed by atoms with Crippen LogP contribution in [0.15, 0.2) is 120 Å². The van der Waals surface area contributed by atoms with Crippen LogP contribution < -0.4 is 20.1 Å². The van der Waals surface area contributed by atoms with E-state index in [-0.39, 0.29) is 17.6 Å². The molecule has 0 aliphatic rings. The van der Waals surface area contributed by atoms with Crippen molar-refractivity contribution in [2.45, 2.75) is 18.7 Å². The van der Waals surface area contributed by atoms with Gasteiger partial charge in [0.1, 0.15) is 27.9 Å². The van der Waals surface area contributed by atoms with Gasteiger partial charge in [-0.25, -0.2) is 0 Å². The lowest BCUT2D eigenvalue weighted by Gasteiger charge is -2.13. The van der Waals surface area contributed by atoms with Crippen LogP contribution in [0.2, 0.25) is 0 Å². The fourth-order valence-electron chi connectivity index (χ4n) is 3.64. The van der Waals surface area contributed by atoms with Crippen LogP contribution in [0.3, 0.4) is 0 Å². The molecule has 0 heterocycles. The van der Waals surface area contributed by atoms with Gasteiger partial charge in [-0.2, -0.15) is 8.42 Å². The number of rotatable bonds is 10. The van der Waals surface area contributed by atoms with E-state index >= 15 is 0 Å². The molecule has 0 fully saturated rings. The van der Waals surface area contributed by atoms with Crippen LogP contribution in [-0.2, 0) is 19.7 Å². The van der Waals surface area contributed by atoms with E-state index in [0.717, 1.165) is 0 Å². The van der Waals surface area contributed by atoms with Crippen molar-refractivity contribution in [1.82, 2.24) is 0 Å². The Hall–Kier alpha value is -5.19. The summed E-state index contributed by atoms with van der Waals surface area (Å²) in [4.78, 5) is 23.2. The maximum atomic E-state index is 12.2. The Morgan fingerprint density at radius 3 is 1.48 bits per heavy atom. The average molecular weight is 585 g/mol. The van der Waals surface area contributed by atoms with Gasteiger partial charge in [0.05, 0.1) is 0 Å². The summed E-state index contributed by atoms with van der Waals surface area (Å²) < 4.78 is 45.9. The van der Waals surface area contributed by atoms with Crippen molar-refractivity contribution in [3.05, 3.63) is 115 Å². The molecule has 214 valence electrons. The van der Waals surface area contributed by atoms with Crippen molar-refractivity contribution < 1.29 is 32.0 Å². The first-order chi connectivity index (χ1) is 19.9. The summed E-state index contributed by atoms with van der Waals surface area (Å²) in [5.74, 6) is 0.729. The van der Waals surface area contributed by atoms with Gasteiger partial charge in [0, 0.05) is 22.5 Å². The highest BCUT2D eigenvalue weighted by Gasteiger charge is 2.19. The standard InChI is InChI=1S/C32H28N2O7S/c1-20(2)31(35)33-24-8-14-27(15-9-24)40-26-12-5-22(6-13-26)23-7-18-29(30(19-23)42(37,38)39)41-28-16-10-25(11-17-28)34-32(36)21(3)4/h5-19H,1,3H2,2,4H3,(H,33,35)(H,34,36)(H,37,38,39). The molecule has 10 heteroatoms. The van der Waals surface area contributed by atoms with Crippen molar-refractivity contribution in [2.24, 2.45) is 0 Å². The summed E-state index contributed by atoms with van der Waals surface area (Å²) in [7, 11) is -4.63. The van der Waals surface area contributed by atoms with E-state index in [4.69, 9.17) is 9.47 Å². The molecule has 9 nitrogen and oxygen atoms in total. The zero-order chi connectivity index (χ0) is 30.4. The fraction of sp³-hybridized carbons (Fsp3) is 0.0625. The number of hydrogen-bond acceptors (Lipinski definition) is 6. The molecule has 0 atom stereocenters. The van der Waals surface area contributed by atoms with E-state index in [0.29, 0.717) is 50.9 Å². The molecule has 0 radical (unpaired) electrons. The third-order valence-electron chi connectivity index (χ3n) is 5.87. The second-order valence-electron chi connectivity index (χ2n) is 9.38. The van der Waals surface area contributed by atoms with Crippen molar-refractivity contribution >= 4 is 33.3 Å². The molecule has 4 rings (SSSR count). The second kappa shape index (κ2) is 12.5. The number of ether oxygens (including phenoxy) is 2. The minimum atomic E-state index is -4.63. The topological polar surface area (TPSA) is 131 Å². The number of nitrogens with one attached hydrogen (secondary N) is 2. The maximum absolute atomic E-state index is 12.2. The van der Waals surface area contributed by atoms with Gasteiger partial charge >= 0.3 is 0 Å². The van der Waals surface area contributed by atoms with Crippen molar-refractivity contribution in [1.29, 1.82) is 0 Å². The number of hydrogen-bond donors (Lipinski definition) is 3. The highest BCUT2D eigenvalue weighted by molar-refractivity contribution is 7.86. The summed E-state index contributed by atoms with van der Waals surface area (Å²) in [6.45, 7) is 10.4. The molecule has 4 aromatic carbocycles. The van der Waals surface area contributed by atoms with Crippen LogP contribution >= 0.6 is 0 Å². The number of carbonyl (C=O) groups is 2. The van der Waals surface area contributed by atoms with Crippen LogP contribution in [-0.4, -0.2) is 24.8 Å². The quantitative estimate of drug-likeness (QED) is 0.133. The normalized spacial score (nSPS) is 10.8. The first-order valence-electron chi connectivity index (χ1n) is 12.6. The largest absolute Gasteiger partial charge is 0.457 e. The Balaban J connectivity index is 1.48. The zero-order valence-corrected chi connectivity index (χ0v) is 23.7. The fourth-order valence-corrected chi connectivity index (χ4v) is 4.28. The van der Waals surface area contributed by atoms with Gasteiger partial charge < -0.3 is 20.1 Å². The Morgan fingerprint density at radius 2 is 1.05 bits per heavy atom. The molecule has 0 saturated heterocycles. The number of anilines is 2. The van der Waals surface area contributed by atoms with Crippen LogP contribution in [0.25, 0.3) is 11.1 Å². The highest BCUT2D eigenvalue weighted by Crippen LogP contribution is 2.34. The van der Waals surface area contributed by atoms with Crippen molar-refractivity contribution in [2.75, 3.05) is 10.6 Å². The Morgan fingerprint density at radius 1 is 0.643 bits per heavy atom. The molecule has 0 unspecified atom stereocenters. The highest BCUT2D eigenvalue weighted by atomic mass is 32.2. The molecule has 0 aliphatic carbocycles. The third-order valence-corrected chi connectivity index (χ3v) is 6.75. The zero-order valence-electron chi connectivity index (χ0n) is 22.9. The van der Waals surface area contributed by atoms with E-state index in [1.54, 1.807) is 92.7 Å². The first kappa shape index (κ1) is 29.8. The van der Waals surface area contributed by atoms with E-state index in [1.165, 1.54) is 12.1 Å². The predicted molar refractivity (Wildman–Crippen MR) is 162 cm³/mol. The molecular formula is C32H28N2O7S. The van der Waals surface area contributed by atoms with Crippen LogP contribution in [0, 0.1) is 0 Å². The summed E-state index contributed by atoms with van der Waals surface area (Å²) in [6.07, 6.45) is 0. The Kier molecular flexibility index (Phi) is 8.90. The maximum Gasteiger partial charge on any atom is 0.298 e.